The van der Waals surface area contributed by atoms with E-state index in [2.05, 4.69) is 51.7 Å². The molecule has 0 spiro atoms. The number of hydrogen-bond acceptors (Lipinski definition) is 4. The average Bonchev–Trinajstić information content (AvgIpc) is 2.20. The maximum absolute atomic E-state index is 5.52. The van der Waals surface area contributed by atoms with Crippen molar-refractivity contribution in [3.8, 4) is 5.88 Å². The fourth-order valence-corrected chi connectivity index (χ4v) is 1.50. The molecule has 84 valence electrons. The van der Waals surface area contributed by atoms with Crippen LogP contribution >= 0.6 is 22.6 Å². The molecule has 0 aliphatic heterocycles. The second kappa shape index (κ2) is 6.95. The lowest BCUT2D eigenvalue weighted by Crippen LogP contribution is -2.24. The molecule has 5 heteroatoms. The normalized spacial score (nSPS) is 10.7. The standard InChI is InChI=1S/C10H16IN3O/c1-8(2)13-4-3-5-15-10-9(11)6-12-7-14-10/h6-8,13H,3-5H2,1-2H3. The number of halogens is 1. The van der Waals surface area contributed by atoms with Gasteiger partial charge in [-0.3, -0.25) is 0 Å². The SMILES string of the molecule is CC(C)NCCCOc1ncncc1I. The highest BCUT2D eigenvalue weighted by Gasteiger charge is 2.00. The van der Waals surface area contributed by atoms with Crippen LogP contribution in [0, 0.1) is 3.57 Å². The molecule has 1 N–H and O–H groups in total. The number of ether oxygens (including phenoxy) is 1. The lowest BCUT2D eigenvalue weighted by Gasteiger charge is -2.09. The molecule has 0 unspecified atom stereocenters. The Morgan fingerprint density at radius 1 is 1.53 bits per heavy atom. The van der Waals surface area contributed by atoms with E-state index in [0.29, 0.717) is 18.5 Å². The zero-order valence-corrected chi connectivity index (χ0v) is 11.2. The quantitative estimate of drug-likeness (QED) is 0.642. The van der Waals surface area contributed by atoms with Gasteiger partial charge in [0.1, 0.15) is 6.33 Å². The van der Waals surface area contributed by atoms with E-state index >= 15 is 0 Å². The van der Waals surface area contributed by atoms with Crippen molar-refractivity contribution in [1.29, 1.82) is 0 Å². The minimum absolute atomic E-state index is 0.532. The number of nitrogens with zero attached hydrogens (tertiary/aromatic N) is 2. The van der Waals surface area contributed by atoms with Gasteiger partial charge in [-0.1, -0.05) is 13.8 Å². The van der Waals surface area contributed by atoms with Crippen LogP contribution in [0.2, 0.25) is 0 Å². The minimum Gasteiger partial charge on any atom is -0.477 e. The molecule has 1 aromatic heterocycles. The number of nitrogens with one attached hydrogen (secondary N) is 1. The topological polar surface area (TPSA) is 47.0 Å². The van der Waals surface area contributed by atoms with Crippen molar-refractivity contribution in [2.45, 2.75) is 26.3 Å². The Morgan fingerprint density at radius 2 is 2.33 bits per heavy atom. The van der Waals surface area contributed by atoms with Gasteiger partial charge in [0, 0.05) is 12.2 Å². The molecule has 0 fully saturated rings. The van der Waals surface area contributed by atoms with Gasteiger partial charge in [-0.05, 0) is 35.6 Å². The summed E-state index contributed by atoms with van der Waals surface area (Å²) in [7, 11) is 0. The van der Waals surface area contributed by atoms with Crippen LogP contribution in [0.1, 0.15) is 20.3 Å². The second-order valence-electron chi connectivity index (χ2n) is 3.49. The van der Waals surface area contributed by atoms with Crippen molar-refractivity contribution in [2.24, 2.45) is 0 Å². The number of hydrogen-bond donors (Lipinski definition) is 1. The summed E-state index contributed by atoms with van der Waals surface area (Å²) in [4.78, 5) is 7.95. The summed E-state index contributed by atoms with van der Waals surface area (Å²) in [6.45, 7) is 5.93. The summed E-state index contributed by atoms with van der Waals surface area (Å²) < 4.78 is 6.47. The van der Waals surface area contributed by atoms with Crippen molar-refractivity contribution in [1.82, 2.24) is 15.3 Å². The maximum Gasteiger partial charge on any atom is 0.230 e. The van der Waals surface area contributed by atoms with Crippen molar-refractivity contribution >= 4 is 22.6 Å². The molecule has 0 aliphatic carbocycles. The molecule has 0 radical (unpaired) electrons. The van der Waals surface area contributed by atoms with E-state index in [1.54, 1.807) is 6.20 Å². The number of rotatable bonds is 6. The Balaban J connectivity index is 2.18. The molecule has 0 aromatic carbocycles. The fraction of sp³-hybridized carbons (Fsp3) is 0.600. The molecule has 1 aromatic rings. The number of aromatic nitrogens is 2. The van der Waals surface area contributed by atoms with Gasteiger partial charge >= 0.3 is 0 Å². The Labute approximate surface area is 104 Å². The Hall–Kier alpha value is -0.430. The van der Waals surface area contributed by atoms with Crippen molar-refractivity contribution in [2.75, 3.05) is 13.2 Å². The van der Waals surface area contributed by atoms with Gasteiger partial charge in [0.25, 0.3) is 0 Å². The molecule has 0 amide bonds. The third-order valence-electron chi connectivity index (χ3n) is 1.75. The van der Waals surface area contributed by atoms with E-state index in [-0.39, 0.29) is 0 Å². The lowest BCUT2D eigenvalue weighted by atomic mass is 10.3. The van der Waals surface area contributed by atoms with E-state index in [1.165, 1.54) is 6.33 Å². The molecule has 0 aliphatic rings. The summed E-state index contributed by atoms with van der Waals surface area (Å²) in [5.74, 6) is 0.676. The molecule has 15 heavy (non-hydrogen) atoms. The van der Waals surface area contributed by atoms with Crippen LogP contribution in [-0.2, 0) is 0 Å². The zero-order chi connectivity index (χ0) is 11.1. The summed E-state index contributed by atoms with van der Waals surface area (Å²) in [5, 5.41) is 3.33. The highest BCUT2D eigenvalue weighted by atomic mass is 127. The van der Waals surface area contributed by atoms with E-state index in [4.69, 9.17) is 4.74 Å². The first-order valence-corrected chi connectivity index (χ1v) is 6.09. The van der Waals surface area contributed by atoms with Crippen LogP contribution in [0.25, 0.3) is 0 Å². The van der Waals surface area contributed by atoms with Crippen LogP contribution < -0.4 is 10.1 Å². The summed E-state index contributed by atoms with van der Waals surface area (Å²) in [6, 6.07) is 0.532. The third kappa shape index (κ3) is 5.27. The largest absolute Gasteiger partial charge is 0.477 e. The molecule has 0 saturated carbocycles. The van der Waals surface area contributed by atoms with Crippen LogP contribution in [0.15, 0.2) is 12.5 Å². The first-order chi connectivity index (χ1) is 7.20. The average molecular weight is 321 g/mol. The predicted octanol–water partition coefficient (Wildman–Crippen LogP) is 1.85. The summed E-state index contributed by atoms with van der Waals surface area (Å²) in [6.07, 6.45) is 4.23. The summed E-state index contributed by atoms with van der Waals surface area (Å²) >= 11 is 2.17. The van der Waals surface area contributed by atoms with Crippen LogP contribution in [-0.4, -0.2) is 29.2 Å². The van der Waals surface area contributed by atoms with Crippen molar-refractivity contribution in [3.63, 3.8) is 0 Å². The Morgan fingerprint density at radius 3 is 3.00 bits per heavy atom. The van der Waals surface area contributed by atoms with Crippen molar-refractivity contribution in [3.05, 3.63) is 16.1 Å². The molecular weight excluding hydrogens is 305 g/mol. The van der Waals surface area contributed by atoms with Gasteiger partial charge in [0.05, 0.1) is 10.2 Å². The van der Waals surface area contributed by atoms with Crippen molar-refractivity contribution < 1.29 is 4.74 Å². The molecule has 0 atom stereocenters. The predicted molar refractivity (Wildman–Crippen MR) is 68.0 cm³/mol. The second-order valence-corrected chi connectivity index (χ2v) is 4.65. The molecule has 4 nitrogen and oxygen atoms in total. The smallest absolute Gasteiger partial charge is 0.230 e. The van der Waals surface area contributed by atoms with E-state index < -0.39 is 0 Å². The third-order valence-corrected chi connectivity index (χ3v) is 2.49. The van der Waals surface area contributed by atoms with Crippen LogP contribution in [0.4, 0.5) is 0 Å². The first kappa shape index (κ1) is 12.6. The zero-order valence-electron chi connectivity index (χ0n) is 9.03. The molecule has 1 heterocycles. The first-order valence-electron chi connectivity index (χ1n) is 5.02. The molecule has 0 bridgehead atoms. The van der Waals surface area contributed by atoms with E-state index in [1.807, 2.05) is 0 Å². The van der Waals surface area contributed by atoms with Gasteiger partial charge in [0.15, 0.2) is 0 Å². The minimum atomic E-state index is 0.532. The van der Waals surface area contributed by atoms with Gasteiger partial charge in [-0.2, -0.15) is 0 Å². The monoisotopic (exact) mass is 321 g/mol. The van der Waals surface area contributed by atoms with E-state index in [9.17, 15) is 0 Å². The maximum atomic E-state index is 5.52. The van der Waals surface area contributed by atoms with Crippen LogP contribution in [0.5, 0.6) is 5.88 Å². The van der Waals surface area contributed by atoms with Gasteiger partial charge < -0.3 is 10.1 Å². The highest BCUT2D eigenvalue weighted by molar-refractivity contribution is 14.1. The van der Waals surface area contributed by atoms with Gasteiger partial charge in [0.2, 0.25) is 5.88 Å². The highest BCUT2D eigenvalue weighted by Crippen LogP contribution is 2.14. The van der Waals surface area contributed by atoms with Gasteiger partial charge in [-0.15, -0.1) is 0 Å². The van der Waals surface area contributed by atoms with Crippen LogP contribution in [0.3, 0.4) is 0 Å². The fourth-order valence-electron chi connectivity index (χ4n) is 1.04. The summed E-state index contributed by atoms with van der Waals surface area (Å²) in [5.41, 5.74) is 0. The molecule has 0 saturated heterocycles. The Bertz CT molecular complexity index is 294. The Kier molecular flexibility index (Phi) is 5.85. The molecular formula is C10H16IN3O. The molecule has 1 rings (SSSR count). The van der Waals surface area contributed by atoms with E-state index in [0.717, 1.165) is 16.5 Å². The lowest BCUT2D eigenvalue weighted by molar-refractivity contribution is 0.292. The van der Waals surface area contributed by atoms with Gasteiger partial charge in [-0.25, -0.2) is 9.97 Å².